The van der Waals surface area contributed by atoms with Gasteiger partial charge in [-0.05, 0) is 30.3 Å². The number of amides is 2. The molecule has 9 heteroatoms. The van der Waals surface area contributed by atoms with Crippen molar-refractivity contribution in [3.8, 4) is 5.75 Å². The fourth-order valence-electron chi connectivity index (χ4n) is 1.76. The number of carbonyl (C=O) groups is 2. The van der Waals surface area contributed by atoms with Crippen LogP contribution in [-0.4, -0.2) is 23.5 Å². The summed E-state index contributed by atoms with van der Waals surface area (Å²) in [4.78, 5) is 23.6. The van der Waals surface area contributed by atoms with Gasteiger partial charge in [0.2, 0.25) is 5.91 Å². The first-order valence-electron chi connectivity index (χ1n) is 6.49. The molecular formula is C15H10BrF3N2O3. The van der Waals surface area contributed by atoms with E-state index in [1.165, 1.54) is 18.2 Å². The van der Waals surface area contributed by atoms with Crippen LogP contribution in [0.3, 0.4) is 0 Å². The Labute approximate surface area is 142 Å². The Morgan fingerprint density at radius 3 is 2.50 bits per heavy atom. The van der Waals surface area contributed by atoms with Crippen LogP contribution < -0.4 is 10.6 Å². The van der Waals surface area contributed by atoms with E-state index in [0.717, 1.165) is 6.07 Å². The summed E-state index contributed by atoms with van der Waals surface area (Å²) in [7, 11) is 0. The number of anilines is 1. The average Bonchev–Trinajstić information content (AvgIpc) is 2.55. The van der Waals surface area contributed by atoms with Gasteiger partial charge in [-0.3, -0.25) is 9.59 Å². The summed E-state index contributed by atoms with van der Waals surface area (Å²) in [5.74, 6) is -6.53. The summed E-state index contributed by atoms with van der Waals surface area (Å²) in [6.45, 7) is -0.566. The van der Waals surface area contributed by atoms with Gasteiger partial charge in [-0.1, -0.05) is 15.9 Å². The molecule has 3 N–H and O–H groups in total. The van der Waals surface area contributed by atoms with E-state index in [0.29, 0.717) is 10.5 Å². The summed E-state index contributed by atoms with van der Waals surface area (Å²) in [5.41, 5.74) is -0.630. The quantitative estimate of drug-likeness (QED) is 0.688. The predicted octanol–water partition coefficient (Wildman–Crippen LogP) is 2.94. The largest absolute Gasteiger partial charge is 0.507 e. The number of hydrogen-bond acceptors (Lipinski definition) is 3. The molecule has 0 saturated heterocycles. The zero-order chi connectivity index (χ0) is 17.9. The minimum absolute atomic E-state index is 0.0730. The molecule has 2 aromatic carbocycles. The normalized spacial score (nSPS) is 10.3. The molecule has 24 heavy (non-hydrogen) atoms. The number of hydrogen-bond donors (Lipinski definition) is 3. The molecule has 0 aliphatic carbocycles. The van der Waals surface area contributed by atoms with Crippen LogP contribution in [0.5, 0.6) is 5.75 Å². The van der Waals surface area contributed by atoms with Crippen LogP contribution in [0.1, 0.15) is 10.4 Å². The number of nitrogens with one attached hydrogen (secondary N) is 2. The van der Waals surface area contributed by atoms with Gasteiger partial charge in [0.15, 0.2) is 17.5 Å². The number of rotatable bonds is 4. The molecular weight excluding hydrogens is 393 g/mol. The number of phenols is 1. The number of benzene rings is 2. The second kappa shape index (κ2) is 7.35. The molecule has 0 aliphatic rings. The molecule has 5 nitrogen and oxygen atoms in total. The van der Waals surface area contributed by atoms with Gasteiger partial charge >= 0.3 is 0 Å². The average molecular weight is 403 g/mol. The van der Waals surface area contributed by atoms with Crippen LogP contribution in [0.2, 0.25) is 0 Å². The molecule has 0 saturated carbocycles. The van der Waals surface area contributed by atoms with Crippen molar-refractivity contribution in [1.82, 2.24) is 5.32 Å². The Kier molecular flexibility index (Phi) is 5.45. The molecule has 2 rings (SSSR count). The van der Waals surface area contributed by atoms with Crippen LogP contribution in [0.4, 0.5) is 18.9 Å². The van der Waals surface area contributed by atoms with Gasteiger partial charge in [0.1, 0.15) is 5.75 Å². The summed E-state index contributed by atoms with van der Waals surface area (Å²) in [5, 5.41) is 13.8. The van der Waals surface area contributed by atoms with Gasteiger partial charge in [0.05, 0.1) is 17.8 Å². The van der Waals surface area contributed by atoms with Crippen molar-refractivity contribution in [2.75, 3.05) is 11.9 Å². The van der Waals surface area contributed by atoms with Crippen molar-refractivity contribution in [1.29, 1.82) is 0 Å². The zero-order valence-corrected chi connectivity index (χ0v) is 13.5. The van der Waals surface area contributed by atoms with Crippen molar-refractivity contribution in [2.24, 2.45) is 0 Å². The van der Waals surface area contributed by atoms with Crippen molar-refractivity contribution in [3.05, 3.63) is 57.8 Å². The fourth-order valence-corrected chi connectivity index (χ4v) is 2.12. The molecule has 2 amide bonds. The summed E-state index contributed by atoms with van der Waals surface area (Å²) < 4.78 is 39.8. The van der Waals surface area contributed by atoms with Crippen LogP contribution >= 0.6 is 15.9 Å². The minimum Gasteiger partial charge on any atom is -0.507 e. The lowest BCUT2D eigenvalue weighted by atomic mass is 10.2. The first-order valence-corrected chi connectivity index (χ1v) is 7.29. The van der Waals surface area contributed by atoms with Gasteiger partial charge in [0, 0.05) is 4.47 Å². The van der Waals surface area contributed by atoms with E-state index in [2.05, 4.69) is 21.2 Å². The molecule has 0 unspecified atom stereocenters. The Bertz CT molecular complexity index is 815. The van der Waals surface area contributed by atoms with Gasteiger partial charge < -0.3 is 15.7 Å². The fraction of sp³-hybridized carbons (Fsp3) is 0.0667. The van der Waals surface area contributed by atoms with E-state index in [4.69, 9.17) is 0 Å². The van der Waals surface area contributed by atoms with E-state index in [1.807, 2.05) is 5.32 Å². The molecule has 0 aromatic heterocycles. The molecule has 0 heterocycles. The van der Waals surface area contributed by atoms with Gasteiger partial charge in [-0.15, -0.1) is 0 Å². The molecule has 0 aliphatic heterocycles. The molecule has 2 aromatic rings. The van der Waals surface area contributed by atoms with Crippen molar-refractivity contribution >= 4 is 33.4 Å². The lowest BCUT2D eigenvalue weighted by Gasteiger charge is -2.09. The van der Waals surface area contributed by atoms with E-state index < -0.39 is 41.5 Å². The maximum atomic E-state index is 13.4. The summed E-state index contributed by atoms with van der Waals surface area (Å²) in [6.07, 6.45) is 0. The monoisotopic (exact) mass is 402 g/mol. The predicted molar refractivity (Wildman–Crippen MR) is 83.1 cm³/mol. The maximum Gasteiger partial charge on any atom is 0.255 e. The summed E-state index contributed by atoms with van der Waals surface area (Å²) >= 11 is 3.13. The molecule has 0 bridgehead atoms. The van der Waals surface area contributed by atoms with Crippen molar-refractivity contribution < 1.29 is 27.9 Å². The third kappa shape index (κ3) is 4.05. The highest BCUT2D eigenvalue weighted by Gasteiger charge is 2.16. The highest BCUT2D eigenvalue weighted by molar-refractivity contribution is 9.10. The standard InChI is InChI=1S/C15H10BrF3N2O3/c16-7-1-4-11(22)8(5-7)15(24)20-6-12(23)21-10-3-2-9(17)13(18)14(10)19/h1-5,22H,6H2,(H,20,24)(H,21,23). The molecule has 0 fully saturated rings. The topological polar surface area (TPSA) is 78.4 Å². The minimum atomic E-state index is -1.71. The van der Waals surface area contributed by atoms with E-state index in [1.54, 1.807) is 0 Å². The number of carbonyl (C=O) groups excluding carboxylic acids is 2. The SMILES string of the molecule is O=C(CNC(=O)c1cc(Br)ccc1O)Nc1ccc(F)c(F)c1F. The van der Waals surface area contributed by atoms with Crippen molar-refractivity contribution in [2.45, 2.75) is 0 Å². The Morgan fingerprint density at radius 1 is 1.08 bits per heavy atom. The number of halogens is 4. The first-order chi connectivity index (χ1) is 11.3. The second-order valence-corrected chi connectivity index (χ2v) is 5.53. The Hall–Kier alpha value is -2.55. The Morgan fingerprint density at radius 2 is 1.79 bits per heavy atom. The lowest BCUT2D eigenvalue weighted by Crippen LogP contribution is -2.33. The van der Waals surface area contributed by atoms with E-state index in [9.17, 15) is 27.9 Å². The molecule has 0 spiro atoms. The molecule has 0 atom stereocenters. The van der Waals surface area contributed by atoms with Crippen LogP contribution in [0.15, 0.2) is 34.8 Å². The number of phenolic OH excluding ortho intramolecular Hbond substituents is 1. The third-order valence-electron chi connectivity index (χ3n) is 2.92. The Balaban J connectivity index is 2.00. The number of aromatic hydroxyl groups is 1. The van der Waals surface area contributed by atoms with Gasteiger partial charge in [-0.2, -0.15) is 0 Å². The summed E-state index contributed by atoms with van der Waals surface area (Å²) in [6, 6.07) is 5.66. The smallest absolute Gasteiger partial charge is 0.255 e. The van der Waals surface area contributed by atoms with E-state index in [-0.39, 0.29) is 11.3 Å². The maximum absolute atomic E-state index is 13.4. The molecule has 126 valence electrons. The van der Waals surface area contributed by atoms with Crippen LogP contribution in [0.25, 0.3) is 0 Å². The first kappa shape index (κ1) is 17.8. The second-order valence-electron chi connectivity index (χ2n) is 4.62. The highest BCUT2D eigenvalue weighted by Crippen LogP contribution is 2.22. The van der Waals surface area contributed by atoms with Crippen LogP contribution in [-0.2, 0) is 4.79 Å². The third-order valence-corrected chi connectivity index (χ3v) is 3.42. The molecule has 0 radical (unpaired) electrons. The lowest BCUT2D eigenvalue weighted by molar-refractivity contribution is -0.115. The highest BCUT2D eigenvalue weighted by atomic mass is 79.9. The zero-order valence-electron chi connectivity index (χ0n) is 11.9. The van der Waals surface area contributed by atoms with Gasteiger partial charge in [0.25, 0.3) is 5.91 Å². The van der Waals surface area contributed by atoms with Crippen LogP contribution in [0, 0.1) is 17.5 Å². The van der Waals surface area contributed by atoms with Crippen molar-refractivity contribution in [3.63, 3.8) is 0 Å². The van der Waals surface area contributed by atoms with E-state index >= 15 is 0 Å². The van der Waals surface area contributed by atoms with Gasteiger partial charge in [-0.25, -0.2) is 13.2 Å².